The van der Waals surface area contributed by atoms with Gasteiger partial charge in [-0.2, -0.15) is 0 Å². The van der Waals surface area contributed by atoms with E-state index in [1.54, 1.807) is 0 Å². The summed E-state index contributed by atoms with van der Waals surface area (Å²) in [6.45, 7) is 0. The molecule has 1 aliphatic carbocycles. The maximum Gasteiger partial charge on any atom is 0.400 e. The highest BCUT2D eigenvalue weighted by atomic mass is 31.2. The Morgan fingerprint density at radius 1 is 1.30 bits per heavy atom. The quantitative estimate of drug-likeness (QED) is 0.524. The maximum absolute atomic E-state index is 10.4. The first-order valence-electron chi connectivity index (χ1n) is 3.41. The van der Waals surface area contributed by atoms with E-state index in [0.29, 0.717) is 0 Å². The van der Waals surface area contributed by atoms with Gasteiger partial charge in [0, 0.05) is 6.04 Å². The number of hydrogen-bond donors (Lipinski definition) is 3. The standard InChI is InChI=1S/C5H12NO3P/c7-10(8,9)6-5-3-1-2-4-5/h5H,1-4H2,(H3,6,7,8,9). The van der Waals surface area contributed by atoms with E-state index < -0.39 is 7.75 Å². The van der Waals surface area contributed by atoms with Crippen molar-refractivity contribution in [1.29, 1.82) is 0 Å². The van der Waals surface area contributed by atoms with Crippen LogP contribution in [0.15, 0.2) is 0 Å². The zero-order valence-corrected chi connectivity index (χ0v) is 6.55. The molecular formula is C5H12NO3P. The molecule has 5 heteroatoms. The molecule has 1 aliphatic rings. The average Bonchev–Trinajstić information content (AvgIpc) is 2.12. The first-order chi connectivity index (χ1) is 4.58. The fourth-order valence-electron chi connectivity index (χ4n) is 1.29. The summed E-state index contributed by atoms with van der Waals surface area (Å²) in [6, 6.07) is 0.0424. The van der Waals surface area contributed by atoms with Crippen molar-refractivity contribution in [3.8, 4) is 0 Å². The van der Waals surface area contributed by atoms with E-state index in [0.717, 1.165) is 25.7 Å². The molecule has 0 aromatic rings. The molecular weight excluding hydrogens is 153 g/mol. The van der Waals surface area contributed by atoms with Crippen LogP contribution in [-0.4, -0.2) is 15.8 Å². The Morgan fingerprint density at radius 2 is 1.80 bits per heavy atom. The molecule has 1 rings (SSSR count). The van der Waals surface area contributed by atoms with Gasteiger partial charge in [-0.15, -0.1) is 0 Å². The summed E-state index contributed by atoms with van der Waals surface area (Å²) < 4.78 is 10.4. The average molecular weight is 165 g/mol. The summed E-state index contributed by atoms with van der Waals surface area (Å²) in [7, 11) is -3.96. The third-order valence-corrected chi connectivity index (χ3v) is 2.41. The van der Waals surface area contributed by atoms with Gasteiger partial charge in [0.2, 0.25) is 0 Å². The molecule has 0 unspecified atom stereocenters. The van der Waals surface area contributed by atoms with Crippen molar-refractivity contribution in [2.45, 2.75) is 31.7 Å². The first kappa shape index (κ1) is 8.21. The van der Waals surface area contributed by atoms with E-state index in [9.17, 15) is 4.57 Å². The Kier molecular flexibility index (Phi) is 2.47. The van der Waals surface area contributed by atoms with Gasteiger partial charge in [-0.25, -0.2) is 9.65 Å². The number of rotatable bonds is 2. The first-order valence-corrected chi connectivity index (χ1v) is 5.02. The van der Waals surface area contributed by atoms with Crippen LogP contribution < -0.4 is 5.09 Å². The predicted octanol–water partition coefficient (Wildman–Crippen LogP) is 0.611. The molecule has 0 spiro atoms. The van der Waals surface area contributed by atoms with Crippen molar-refractivity contribution in [2.75, 3.05) is 0 Å². The fraction of sp³-hybridized carbons (Fsp3) is 1.00. The highest BCUT2D eigenvalue weighted by Crippen LogP contribution is 2.33. The summed E-state index contributed by atoms with van der Waals surface area (Å²) in [4.78, 5) is 17.0. The van der Waals surface area contributed by atoms with Gasteiger partial charge in [0.25, 0.3) is 0 Å². The largest absolute Gasteiger partial charge is 0.400 e. The van der Waals surface area contributed by atoms with Crippen molar-refractivity contribution < 1.29 is 14.4 Å². The van der Waals surface area contributed by atoms with E-state index in [4.69, 9.17) is 9.79 Å². The summed E-state index contributed by atoms with van der Waals surface area (Å²) >= 11 is 0. The van der Waals surface area contributed by atoms with E-state index in [1.807, 2.05) is 0 Å². The predicted molar refractivity (Wildman–Crippen MR) is 37.4 cm³/mol. The molecule has 0 aromatic carbocycles. The molecule has 0 amide bonds. The van der Waals surface area contributed by atoms with E-state index in [1.165, 1.54) is 0 Å². The molecule has 1 fully saturated rings. The second kappa shape index (κ2) is 3.01. The topological polar surface area (TPSA) is 69.6 Å². The number of nitrogens with one attached hydrogen (secondary N) is 1. The molecule has 60 valence electrons. The monoisotopic (exact) mass is 165 g/mol. The van der Waals surface area contributed by atoms with Crippen LogP contribution in [0.5, 0.6) is 0 Å². The highest BCUT2D eigenvalue weighted by Gasteiger charge is 2.22. The Bertz CT molecular complexity index is 149. The lowest BCUT2D eigenvalue weighted by Gasteiger charge is -2.11. The van der Waals surface area contributed by atoms with Gasteiger partial charge < -0.3 is 9.79 Å². The minimum absolute atomic E-state index is 0.0424. The second-order valence-corrected chi connectivity index (χ2v) is 4.00. The van der Waals surface area contributed by atoms with Gasteiger partial charge in [0.05, 0.1) is 0 Å². The molecule has 1 saturated carbocycles. The van der Waals surface area contributed by atoms with E-state index in [2.05, 4.69) is 5.09 Å². The molecule has 0 atom stereocenters. The molecule has 0 aliphatic heterocycles. The Balaban J connectivity index is 2.31. The molecule has 4 nitrogen and oxygen atoms in total. The van der Waals surface area contributed by atoms with Gasteiger partial charge in [-0.1, -0.05) is 12.8 Å². The minimum atomic E-state index is -3.96. The van der Waals surface area contributed by atoms with Crippen LogP contribution in [0, 0.1) is 0 Å². The molecule has 3 N–H and O–H groups in total. The molecule has 10 heavy (non-hydrogen) atoms. The molecule has 0 bridgehead atoms. The summed E-state index contributed by atoms with van der Waals surface area (Å²) in [6.07, 6.45) is 3.95. The van der Waals surface area contributed by atoms with Gasteiger partial charge in [-0.05, 0) is 12.8 Å². The van der Waals surface area contributed by atoms with Crippen LogP contribution in [0.3, 0.4) is 0 Å². The summed E-state index contributed by atoms with van der Waals surface area (Å²) in [5.74, 6) is 0. The SMILES string of the molecule is O=P(O)(O)NC1CCCC1. The van der Waals surface area contributed by atoms with E-state index >= 15 is 0 Å². The Morgan fingerprint density at radius 3 is 2.20 bits per heavy atom. The fourth-order valence-corrected chi connectivity index (χ4v) is 2.03. The van der Waals surface area contributed by atoms with Crippen LogP contribution in [0.1, 0.15) is 25.7 Å². The lowest BCUT2D eigenvalue weighted by Crippen LogP contribution is -2.22. The van der Waals surface area contributed by atoms with Gasteiger partial charge >= 0.3 is 7.75 Å². The van der Waals surface area contributed by atoms with Gasteiger partial charge in [-0.3, -0.25) is 0 Å². The minimum Gasteiger partial charge on any atom is -0.313 e. The van der Waals surface area contributed by atoms with Crippen LogP contribution in [-0.2, 0) is 4.57 Å². The van der Waals surface area contributed by atoms with Crippen molar-refractivity contribution in [3.05, 3.63) is 0 Å². The Labute approximate surface area is 59.9 Å². The van der Waals surface area contributed by atoms with Crippen LogP contribution in [0.4, 0.5) is 0 Å². The zero-order chi connectivity index (χ0) is 7.61. The van der Waals surface area contributed by atoms with E-state index in [-0.39, 0.29) is 6.04 Å². The van der Waals surface area contributed by atoms with Crippen molar-refractivity contribution >= 4 is 7.75 Å². The third-order valence-electron chi connectivity index (χ3n) is 1.71. The summed E-state index contributed by atoms with van der Waals surface area (Å²) in [5.41, 5.74) is 0. The maximum atomic E-state index is 10.4. The number of hydrogen-bond acceptors (Lipinski definition) is 1. The normalized spacial score (nSPS) is 21.8. The van der Waals surface area contributed by atoms with Crippen molar-refractivity contribution in [2.24, 2.45) is 0 Å². The molecule has 0 radical (unpaired) electrons. The van der Waals surface area contributed by atoms with Crippen molar-refractivity contribution in [1.82, 2.24) is 5.09 Å². The molecule has 0 aromatic heterocycles. The smallest absolute Gasteiger partial charge is 0.313 e. The summed E-state index contributed by atoms with van der Waals surface area (Å²) in [5, 5.41) is 2.28. The lowest BCUT2D eigenvalue weighted by molar-refractivity contribution is 0.347. The highest BCUT2D eigenvalue weighted by molar-refractivity contribution is 7.49. The van der Waals surface area contributed by atoms with Crippen LogP contribution >= 0.6 is 7.75 Å². The Hall–Kier alpha value is 0.110. The van der Waals surface area contributed by atoms with Gasteiger partial charge in [0.1, 0.15) is 0 Å². The zero-order valence-electron chi connectivity index (χ0n) is 5.66. The molecule has 0 saturated heterocycles. The molecule has 0 heterocycles. The van der Waals surface area contributed by atoms with Crippen LogP contribution in [0.25, 0.3) is 0 Å². The van der Waals surface area contributed by atoms with Crippen LogP contribution in [0.2, 0.25) is 0 Å². The van der Waals surface area contributed by atoms with Crippen molar-refractivity contribution in [3.63, 3.8) is 0 Å². The third kappa shape index (κ3) is 2.80. The lowest BCUT2D eigenvalue weighted by atomic mass is 10.3. The second-order valence-electron chi connectivity index (χ2n) is 2.65. The van der Waals surface area contributed by atoms with Gasteiger partial charge in [0.15, 0.2) is 0 Å².